The molecule has 0 saturated carbocycles. The van der Waals surface area contributed by atoms with Crippen molar-refractivity contribution >= 4 is 5.91 Å². The van der Waals surface area contributed by atoms with Crippen LogP contribution in [0.3, 0.4) is 0 Å². The highest BCUT2D eigenvalue weighted by atomic mass is 16.2. The van der Waals surface area contributed by atoms with Crippen LogP contribution < -0.4 is 5.32 Å². The molecule has 3 heterocycles. The first-order chi connectivity index (χ1) is 9.18. The van der Waals surface area contributed by atoms with Gasteiger partial charge in [-0.15, -0.1) is 0 Å². The Morgan fingerprint density at radius 1 is 1.32 bits per heavy atom. The number of aromatic nitrogens is 2. The van der Waals surface area contributed by atoms with Crippen LogP contribution in [0.15, 0.2) is 0 Å². The molecule has 104 valence electrons. The van der Waals surface area contributed by atoms with Gasteiger partial charge in [-0.05, 0) is 46.1 Å². The predicted octanol–water partition coefficient (Wildman–Crippen LogP) is 1.38. The Bertz CT molecular complexity index is 456. The first-order valence-electron chi connectivity index (χ1n) is 7.24. The average molecular weight is 262 g/mol. The topological polar surface area (TPSA) is 61.0 Å². The summed E-state index contributed by atoms with van der Waals surface area (Å²) in [5.74, 6) is 0.153. The van der Waals surface area contributed by atoms with Crippen molar-refractivity contribution in [2.45, 2.75) is 51.6 Å². The molecule has 2 atom stereocenters. The maximum atomic E-state index is 12.8. The highest BCUT2D eigenvalue weighted by Gasteiger charge is 2.37. The van der Waals surface area contributed by atoms with E-state index >= 15 is 0 Å². The van der Waals surface area contributed by atoms with Gasteiger partial charge in [0.15, 0.2) is 0 Å². The summed E-state index contributed by atoms with van der Waals surface area (Å²) >= 11 is 0. The molecule has 2 aliphatic heterocycles. The van der Waals surface area contributed by atoms with Crippen LogP contribution in [0.25, 0.3) is 0 Å². The van der Waals surface area contributed by atoms with Crippen molar-refractivity contribution in [1.29, 1.82) is 0 Å². The van der Waals surface area contributed by atoms with Crippen molar-refractivity contribution in [3.63, 3.8) is 0 Å². The zero-order chi connectivity index (χ0) is 13.4. The van der Waals surface area contributed by atoms with E-state index in [0.29, 0.717) is 12.1 Å². The molecule has 0 radical (unpaired) electrons. The van der Waals surface area contributed by atoms with Gasteiger partial charge in [-0.2, -0.15) is 5.10 Å². The Morgan fingerprint density at radius 3 is 2.79 bits per heavy atom. The Balaban J connectivity index is 1.82. The number of amides is 1. The molecule has 2 aliphatic rings. The predicted molar refractivity (Wildman–Crippen MR) is 73.1 cm³/mol. The first-order valence-corrected chi connectivity index (χ1v) is 7.24. The quantitative estimate of drug-likeness (QED) is 0.846. The second-order valence-electron chi connectivity index (χ2n) is 5.72. The number of likely N-dealkylation sites (tertiary alicyclic amines) is 1. The highest BCUT2D eigenvalue weighted by Crippen LogP contribution is 2.27. The van der Waals surface area contributed by atoms with Gasteiger partial charge in [0.25, 0.3) is 5.91 Å². The smallest absolute Gasteiger partial charge is 0.257 e. The molecule has 2 N–H and O–H groups in total. The minimum atomic E-state index is 0.153. The lowest BCUT2D eigenvalue weighted by Gasteiger charge is -2.29. The highest BCUT2D eigenvalue weighted by molar-refractivity contribution is 5.96. The lowest BCUT2D eigenvalue weighted by Crippen LogP contribution is -2.46. The molecular formula is C14H22N4O. The van der Waals surface area contributed by atoms with E-state index in [9.17, 15) is 4.79 Å². The Morgan fingerprint density at radius 2 is 2.16 bits per heavy atom. The third-order valence-corrected chi connectivity index (χ3v) is 4.46. The molecule has 1 aromatic rings. The number of carbonyl (C=O) groups excluding carboxylic acids is 1. The molecular weight excluding hydrogens is 240 g/mol. The number of aromatic amines is 1. The molecule has 5 heteroatoms. The van der Waals surface area contributed by atoms with E-state index < -0.39 is 0 Å². The van der Waals surface area contributed by atoms with Crippen LogP contribution in [-0.2, 0) is 0 Å². The van der Waals surface area contributed by atoms with E-state index in [1.54, 1.807) is 0 Å². The van der Waals surface area contributed by atoms with E-state index in [-0.39, 0.29) is 5.91 Å². The van der Waals surface area contributed by atoms with E-state index in [1.165, 1.54) is 12.8 Å². The first kappa shape index (κ1) is 12.7. The van der Waals surface area contributed by atoms with Crippen molar-refractivity contribution < 1.29 is 4.79 Å². The Hall–Kier alpha value is -1.36. The maximum Gasteiger partial charge on any atom is 0.257 e. The van der Waals surface area contributed by atoms with Crippen LogP contribution in [-0.4, -0.2) is 46.2 Å². The number of hydrogen-bond acceptors (Lipinski definition) is 3. The zero-order valence-corrected chi connectivity index (χ0v) is 11.7. The molecule has 1 aromatic heterocycles. The third kappa shape index (κ3) is 2.16. The van der Waals surface area contributed by atoms with Gasteiger partial charge in [0, 0.05) is 24.3 Å². The summed E-state index contributed by atoms with van der Waals surface area (Å²) in [4.78, 5) is 14.8. The summed E-state index contributed by atoms with van der Waals surface area (Å²) < 4.78 is 0. The largest absolute Gasteiger partial charge is 0.334 e. The van der Waals surface area contributed by atoms with Gasteiger partial charge in [-0.1, -0.05) is 0 Å². The summed E-state index contributed by atoms with van der Waals surface area (Å²) in [6, 6.07) is 0.850. The minimum Gasteiger partial charge on any atom is -0.334 e. The molecule has 5 nitrogen and oxygen atoms in total. The lowest BCUT2D eigenvalue weighted by molar-refractivity contribution is 0.0710. The Kier molecular flexibility index (Phi) is 3.31. The summed E-state index contributed by atoms with van der Waals surface area (Å²) in [6.07, 6.45) is 4.66. The van der Waals surface area contributed by atoms with Gasteiger partial charge in [-0.25, -0.2) is 0 Å². The number of nitrogens with zero attached hydrogens (tertiary/aromatic N) is 2. The number of carbonyl (C=O) groups is 1. The second kappa shape index (κ2) is 4.96. The van der Waals surface area contributed by atoms with Gasteiger partial charge >= 0.3 is 0 Å². The van der Waals surface area contributed by atoms with Gasteiger partial charge < -0.3 is 10.2 Å². The average Bonchev–Trinajstić information content (AvgIpc) is 3.08. The van der Waals surface area contributed by atoms with Crippen LogP contribution in [0, 0.1) is 13.8 Å². The Labute approximate surface area is 113 Å². The fourth-order valence-corrected chi connectivity index (χ4v) is 3.51. The van der Waals surface area contributed by atoms with E-state index in [1.807, 2.05) is 13.8 Å². The van der Waals surface area contributed by atoms with Crippen molar-refractivity contribution in [2.75, 3.05) is 13.1 Å². The lowest BCUT2D eigenvalue weighted by atomic mass is 10.0. The fourth-order valence-electron chi connectivity index (χ4n) is 3.51. The molecule has 0 aliphatic carbocycles. The van der Waals surface area contributed by atoms with Crippen LogP contribution >= 0.6 is 0 Å². The monoisotopic (exact) mass is 262 g/mol. The van der Waals surface area contributed by atoms with Crippen LogP contribution in [0.2, 0.25) is 0 Å². The molecule has 0 spiro atoms. The molecule has 1 amide bonds. The molecule has 0 aromatic carbocycles. The third-order valence-electron chi connectivity index (χ3n) is 4.46. The summed E-state index contributed by atoms with van der Waals surface area (Å²) in [5, 5.41) is 10.6. The minimum absolute atomic E-state index is 0.153. The van der Waals surface area contributed by atoms with Gasteiger partial charge in [0.05, 0.1) is 11.3 Å². The van der Waals surface area contributed by atoms with E-state index in [2.05, 4.69) is 20.4 Å². The normalized spacial score (nSPS) is 27.2. The van der Waals surface area contributed by atoms with Crippen molar-refractivity contribution in [3.8, 4) is 0 Å². The molecule has 19 heavy (non-hydrogen) atoms. The number of nitrogens with one attached hydrogen (secondary N) is 2. The van der Waals surface area contributed by atoms with E-state index in [0.717, 1.165) is 42.9 Å². The van der Waals surface area contributed by atoms with Crippen molar-refractivity contribution in [2.24, 2.45) is 0 Å². The summed E-state index contributed by atoms with van der Waals surface area (Å²) in [6.45, 7) is 5.79. The second-order valence-corrected chi connectivity index (χ2v) is 5.72. The van der Waals surface area contributed by atoms with Crippen LogP contribution in [0.5, 0.6) is 0 Å². The molecule has 2 saturated heterocycles. The fraction of sp³-hybridized carbons (Fsp3) is 0.714. The number of hydrogen-bond donors (Lipinski definition) is 2. The van der Waals surface area contributed by atoms with Gasteiger partial charge in [0.2, 0.25) is 0 Å². The molecule has 3 rings (SSSR count). The number of rotatable bonds is 2. The van der Waals surface area contributed by atoms with Crippen LogP contribution in [0.1, 0.15) is 47.4 Å². The number of H-pyrrole nitrogens is 1. The zero-order valence-electron chi connectivity index (χ0n) is 11.7. The van der Waals surface area contributed by atoms with Gasteiger partial charge in [-0.3, -0.25) is 9.89 Å². The summed E-state index contributed by atoms with van der Waals surface area (Å²) in [7, 11) is 0. The maximum absolute atomic E-state index is 12.8. The van der Waals surface area contributed by atoms with E-state index in [4.69, 9.17) is 0 Å². The molecule has 0 bridgehead atoms. The molecule has 2 unspecified atom stereocenters. The summed E-state index contributed by atoms with van der Waals surface area (Å²) in [5.41, 5.74) is 2.46. The standard InChI is InChI=1S/C14H22N4O/c1-9-13(10(2)17-16-9)14(19)18-8-4-6-12(18)11-5-3-7-15-11/h11-12,15H,3-8H2,1-2H3,(H,16,17). The van der Waals surface area contributed by atoms with Crippen molar-refractivity contribution in [1.82, 2.24) is 20.4 Å². The van der Waals surface area contributed by atoms with Crippen molar-refractivity contribution in [3.05, 3.63) is 17.0 Å². The van der Waals surface area contributed by atoms with Gasteiger partial charge in [0.1, 0.15) is 0 Å². The molecule has 2 fully saturated rings. The van der Waals surface area contributed by atoms with Crippen LogP contribution in [0.4, 0.5) is 0 Å². The SMILES string of the molecule is Cc1n[nH]c(C)c1C(=O)N1CCCC1C1CCCN1. The number of aryl methyl sites for hydroxylation is 2.